The maximum Gasteiger partial charge on any atom is 0.0237 e. The van der Waals surface area contributed by atoms with Crippen LogP contribution in [0.2, 0.25) is 0 Å². The number of nitrogens with zero attached hydrogens (tertiary/aromatic N) is 1. The Balaban J connectivity index is 1.79. The van der Waals surface area contributed by atoms with Crippen LogP contribution in [0.5, 0.6) is 0 Å². The van der Waals surface area contributed by atoms with Gasteiger partial charge in [0.05, 0.1) is 0 Å². The van der Waals surface area contributed by atoms with Gasteiger partial charge in [-0.25, -0.2) is 0 Å². The van der Waals surface area contributed by atoms with Crippen molar-refractivity contribution >= 4 is 0 Å². The van der Waals surface area contributed by atoms with Crippen molar-refractivity contribution in [1.29, 1.82) is 0 Å². The predicted molar refractivity (Wildman–Crippen MR) is 92.7 cm³/mol. The molecule has 1 fully saturated rings. The van der Waals surface area contributed by atoms with Gasteiger partial charge in [-0.15, -0.1) is 0 Å². The lowest BCUT2D eigenvalue weighted by molar-refractivity contribution is 0.233. The molecular formula is C19H25N3. The van der Waals surface area contributed by atoms with Crippen molar-refractivity contribution in [3.63, 3.8) is 0 Å². The quantitative estimate of drug-likeness (QED) is 0.911. The number of hydrogen-bond donors (Lipinski definition) is 2. The molecular weight excluding hydrogens is 270 g/mol. The minimum absolute atomic E-state index is 0.591. The summed E-state index contributed by atoms with van der Waals surface area (Å²) < 4.78 is 0. The summed E-state index contributed by atoms with van der Waals surface area (Å²) in [5.74, 6) is 0. The minimum Gasteiger partial charge on any atom is -0.326 e. The first-order valence-corrected chi connectivity index (χ1v) is 8.08. The third kappa shape index (κ3) is 3.55. The molecule has 1 heterocycles. The second-order valence-electron chi connectivity index (χ2n) is 6.07. The lowest BCUT2D eigenvalue weighted by Crippen LogP contribution is -2.42. The third-order valence-electron chi connectivity index (χ3n) is 4.44. The van der Waals surface area contributed by atoms with Crippen molar-refractivity contribution < 1.29 is 0 Å². The predicted octanol–water partition coefficient (Wildman–Crippen LogP) is 2.53. The van der Waals surface area contributed by atoms with E-state index in [1.165, 1.54) is 27.8 Å². The molecule has 1 saturated heterocycles. The van der Waals surface area contributed by atoms with Gasteiger partial charge in [0.1, 0.15) is 0 Å². The highest BCUT2D eigenvalue weighted by atomic mass is 15.2. The number of nitrogens with two attached hydrogens (primary N) is 1. The van der Waals surface area contributed by atoms with E-state index in [-0.39, 0.29) is 0 Å². The van der Waals surface area contributed by atoms with Crippen LogP contribution in [0.1, 0.15) is 16.7 Å². The highest BCUT2D eigenvalue weighted by molar-refractivity contribution is 5.65. The Morgan fingerprint density at radius 2 is 1.82 bits per heavy atom. The Labute approximate surface area is 133 Å². The lowest BCUT2D eigenvalue weighted by Gasteiger charge is -2.27. The van der Waals surface area contributed by atoms with E-state index in [0.717, 1.165) is 32.7 Å². The summed E-state index contributed by atoms with van der Waals surface area (Å²) in [4.78, 5) is 2.52. The van der Waals surface area contributed by atoms with Crippen LogP contribution in [0.25, 0.3) is 11.1 Å². The van der Waals surface area contributed by atoms with Gasteiger partial charge < -0.3 is 11.1 Å². The molecule has 3 nitrogen and oxygen atoms in total. The highest BCUT2D eigenvalue weighted by Gasteiger charge is 2.11. The zero-order valence-corrected chi connectivity index (χ0v) is 13.3. The van der Waals surface area contributed by atoms with Gasteiger partial charge in [-0.2, -0.15) is 0 Å². The Morgan fingerprint density at radius 3 is 2.55 bits per heavy atom. The zero-order valence-electron chi connectivity index (χ0n) is 13.3. The summed E-state index contributed by atoms with van der Waals surface area (Å²) in [5, 5.41) is 3.40. The molecule has 1 aliphatic rings. The van der Waals surface area contributed by atoms with Gasteiger partial charge in [0.2, 0.25) is 0 Å². The molecule has 0 aliphatic carbocycles. The zero-order chi connectivity index (χ0) is 15.4. The Morgan fingerprint density at radius 1 is 1.05 bits per heavy atom. The summed E-state index contributed by atoms with van der Waals surface area (Å²) >= 11 is 0. The molecule has 0 spiro atoms. The van der Waals surface area contributed by atoms with Gasteiger partial charge >= 0.3 is 0 Å². The molecule has 2 aromatic carbocycles. The van der Waals surface area contributed by atoms with E-state index in [1.54, 1.807) is 0 Å². The number of nitrogens with one attached hydrogen (secondary N) is 1. The molecule has 22 heavy (non-hydrogen) atoms. The molecule has 0 aromatic heterocycles. The van der Waals surface area contributed by atoms with Crippen LogP contribution in [-0.4, -0.2) is 31.1 Å². The van der Waals surface area contributed by atoms with Gasteiger partial charge in [-0.3, -0.25) is 4.90 Å². The van der Waals surface area contributed by atoms with Crippen molar-refractivity contribution in [2.45, 2.75) is 20.0 Å². The fraction of sp³-hybridized carbons (Fsp3) is 0.368. The van der Waals surface area contributed by atoms with Gasteiger partial charge in [-0.1, -0.05) is 36.4 Å². The van der Waals surface area contributed by atoms with Gasteiger partial charge in [0.15, 0.2) is 0 Å². The molecule has 1 aliphatic heterocycles. The highest BCUT2D eigenvalue weighted by Crippen LogP contribution is 2.24. The summed E-state index contributed by atoms with van der Waals surface area (Å²) in [6.07, 6.45) is 0. The molecule has 3 rings (SSSR count). The van der Waals surface area contributed by atoms with Crippen molar-refractivity contribution in [2.75, 3.05) is 26.2 Å². The van der Waals surface area contributed by atoms with Crippen LogP contribution in [0, 0.1) is 6.92 Å². The summed E-state index contributed by atoms with van der Waals surface area (Å²) in [7, 11) is 0. The Hall–Kier alpha value is -1.68. The number of aryl methyl sites for hydroxylation is 1. The molecule has 2 aromatic rings. The summed E-state index contributed by atoms with van der Waals surface area (Å²) in [5.41, 5.74) is 12.3. The van der Waals surface area contributed by atoms with Gasteiger partial charge in [-0.05, 0) is 40.8 Å². The van der Waals surface area contributed by atoms with Gasteiger partial charge in [0.25, 0.3) is 0 Å². The van der Waals surface area contributed by atoms with Crippen LogP contribution >= 0.6 is 0 Å². The molecule has 116 valence electrons. The molecule has 0 radical (unpaired) electrons. The fourth-order valence-electron chi connectivity index (χ4n) is 3.04. The molecule has 0 amide bonds. The first-order chi connectivity index (χ1) is 10.8. The van der Waals surface area contributed by atoms with Crippen molar-refractivity contribution in [3.05, 3.63) is 59.2 Å². The van der Waals surface area contributed by atoms with E-state index in [1.807, 2.05) is 0 Å². The Kier molecular flexibility index (Phi) is 4.88. The first-order valence-electron chi connectivity index (χ1n) is 8.08. The van der Waals surface area contributed by atoms with E-state index in [2.05, 4.69) is 59.6 Å². The lowest BCUT2D eigenvalue weighted by atomic mass is 9.98. The van der Waals surface area contributed by atoms with E-state index >= 15 is 0 Å². The molecule has 0 atom stereocenters. The molecule has 0 unspecified atom stereocenters. The largest absolute Gasteiger partial charge is 0.326 e. The van der Waals surface area contributed by atoms with E-state index in [4.69, 9.17) is 5.73 Å². The van der Waals surface area contributed by atoms with Crippen molar-refractivity contribution in [3.8, 4) is 11.1 Å². The first kappa shape index (κ1) is 15.2. The SMILES string of the molecule is Cc1cc(-c2cccc(CN)c2)ccc1CN1CCNCC1. The van der Waals surface area contributed by atoms with Crippen LogP contribution in [0.4, 0.5) is 0 Å². The standard InChI is InChI=1S/C19H25N3/c1-15-11-18(17-4-2-3-16(12-17)13-20)5-6-19(15)14-22-9-7-21-8-10-22/h2-6,11-12,21H,7-10,13-14,20H2,1H3. The van der Waals surface area contributed by atoms with E-state index in [0.29, 0.717) is 6.54 Å². The maximum absolute atomic E-state index is 5.74. The van der Waals surface area contributed by atoms with Crippen LogP contribution in [0.3, 0.4) is 0 Å². The second kappa shape index (κ2) is 7.05. The maximum atomic E-state index is 5.74. The number of piperazine rings is 1. The molecule has 0 saturated carbocycles. The van der Waals surface area contributed by atoms with E-state index in [9.17, 15) is 0 Å². The number of hydrogen-bond acceptors (Lipinski definition) is 3. The summed E-state index contributed by atoms with van der Waals surface area (Å²) in [6.45, 7) is 8.34. The minimum atomic E-state index is 0.591. The topological polar surface area (TPSA) is 41.3 Å². The second-order valence-corrected chi connectivity index (χ2v) is 6.07. The number of benzene rings is 2. The average molecular weight is 295 g/mol. The van der Waals surface area contributed by atoms with Crippen molar-refractivity contribution in [2.24, 2.45) is 5.73 Å². The van der Waals surface area contributed by atoms with Crippen LogP contribution in [0.15, 0.2) is 42.5 Å². The van der Waals surface area contributed by atoms with Gasteiger partial charge in [0, 0.05) is 39.3 Å². The molecule has 3 N–H and O–H groups in total. The number of rotatable bonds is 4. The monoisotopic (exact) mass is 295 g/mol. The van der Waals surface area contributed by atoms with Crippen LogP contribution < -0.4 is 11.1 Å². The average Bonchev–Trinajstić information content (AvgIpc) is 2.58. The van der Waals surface area contributed by atoms with Crippen molar-refractivity contribution in [1.82, 2.24) is 10.2 Å². The normalized spacial score (nSPS) is 15.9. The van der Waals surface area contributed by atoms with E-state index < -0.39 is 0 Å². The smallest absolute Gasteiger partial charge is 0.0237 e. The summed E-state index contributed by atoms with van der Waals surface area (Å²) in [6, 6.07) is 15.3. The van der Waals surface area contributed by atoms with Crippen LogP contribution in [-0.2, 0) is 13.1 Å². The molecule has 3 heteroatoms. The third-order valence-corrected chi connectivity index (χ3v) is 4.44. The fourth-order valence-corrected chi connectivity index (χ4v) is 3.04. The molecule has 0 bridgehead atoms. The Bertz CT molecular complexity index is 630.